The average Bonchev–Trinajstić information content (AvgIpc) is 2.43. The van der Waals surface area contributed by atoms with Gasteiger partial charge in [0.15, 0.2) is 0 Å². The van der Waals surface area contributed by atoms with Crippen molar-refractivity contribution in [2.75, 3.05) is 12.0 Å². The van der Waals surface area contributed by atoms with Gasteiger partial charge in [0.1, 0.15) is 17.4 Å². The molecule has 0 aliphatic heterocycles. The monoisotopic (exact) mass is 297 g/mol. The van der Waals surface area contributed by atoms with Crippen molar-refractivity contribution >= 4 is 5.95 Å². The van der Waals surface area contributed by atoms with Gasteiger partial charge in [-0.1, -0.05) is 6.92 Å². The minimum atomic E-state index is -0.779. The number of nitrogens with one attached hydrogen (secondary N) is 1. The molecule has 0 spiro atoms. The van der Waals surface area contributed by atoms with E-state index in [4.69, 9.17) is 15.3 Å². The minimum absolute atomic E-state index is 0.00276. The molecule has 21 heavy (non-hydrogen) atoms. The van der Waals surface area contributed by atoms with Gasteiger partial charge in [0.05, 0.1) is 6.61 Å². The number of hydrazine groups is 1. The van der Waals surface area contributed by atoms with Crippen LogP contribution in [0.5, 0.6) is 17.8 Å². The summed E-state index contributed by atoms with van der Waals surface area (Å²) in [5.74, 6) is 3.57. The van der Waals surface area contributed by atoms with Gasteiger partial charge < -0.3 is 9.47 Å². The summed E-state index contributed by atoms with van der Waals surface area (Å²) in [7, 11) is 0. The Labute approximate surface area is 119 Å². The van der Waals surface area contributed by atoms with Crippen molar-refractivity contribution in [2.45, 2.75) is 13.3 Å². The average molecular weight is 297 g/mol. The molecule has 0 unspecified atom stereocenters. The highest BCUT2D eigenvalue weighted by Crippen LogP contribution is 2.22. The first-order chi connectivity index (χ1) is 10.1. The lowest BCUT2D eigenvalue weighted by molar-refractivity contribution is 0.285. The van der Waals surface area contributed by atoms with Crippen molar-refractivity contribution in [1.82, 2.24) is 15.0 Å². The van der Waals surface area contributed by atoms with Crippen LogP contribution in [0.2, 0.25) is 0 Å². The maximum Gasteiger partial charge on any atom is 0.330 e. The number of rotatable bonds is 6. The van der Waals surface area contributed by atoms with Crippen LogP contribution in [-0.2, 0) is 0 Å². The number of benzene rings is 1. The summed E-state index contributed by atoms with van der Waals surface area (Å²) >= 11 is 0. The Morgan fingerprint density at radius 2 is 1.76 bits per heavy atom. The Balaban J connectivity index is 2.25. The molecule has 7 nitrogen and oxygen atoms in total. The number of nitrogens with zero attached hydrogens (tertiary/aromatic N) is 3. The molecule has 0 atom stereocenters. The SMILES string of the molecule is CCCOc1nc(NN)nc(Oc2cc(F)cc(F)c2)n1. The number of hydrogen-bond acceptors (Lipinski definition) is 7. The van der Waals surface area contributed by atoms with Gasteiger partial charge in [0.25, 0.3) is 0 Å². The topological polar surface area (TPSA) is 95.2 Å². The maximum absolute atomic E-state index is 13.1. The Bertz CT molecular complexity index is 606. The second kappa shape index (κ2) is 6.75. The first kappa shape index (κ1) is 14.9. The Hall–Kier alpha value is -2.55. The van der Waals surface area contributed by atoms with Gasteiger partial charge in [-0.2, -0.15) is 9.97 Å². The molecule has 112 valence electrons. The molecule has 0 saturated carbocycles. The summed E-state index contributed by atoms with van der Waals surface area (Å²) in [5, 5.41) is 0. The third kappa shape index (κ3) is 4.21. The van der Waals surface area contributed by atoms with Gasteiger partial charge >= 0.3 is 12.0 Å². The largest absolute Gasteiger partial charge is 0.463 e. The van der Waals surface area contributed by atoms with E-state index in [1.165, 1.54) is 0 Å². The molecule has 0 bridgehead atoms. The molecule has 0 aliphatic rings. The van der Waals surface area contributed by atoms with E-state index in [2.05, 4.69) is 20.4 Å². The standard InChI is InChI=1S/C12H13F2N5O2/c1-2-3-20-11-16-10(19-15)17-12(18-11)21-9-5-7(13)4-8(14)6-9/h4-6H,2-3,15H2,1H3,(H,16,17,18,19). The number of nitrogens with two attached hydrogens (primary N) is 1. The van der Waals surface area contributed by atoms with E-state index in [1.54, 1.807) is 0 Å². The predicted octanol–water partition coefficient (Wildman–Crippen LogP) is 2.02. The lowest BCUT2D eigenvalue weighted by atomic mass is 10.3. The molecule has 2 rings (SSSR count). The Morgan fingerprint density at radius 1 is 1.10 bits per heavy atom. The molecule has 0 amide bonds. The van der Waals surface area contributed by atoms with Crippen molar-refractivity contribution in [3.05, 3.63) is 29.8 Å². The fourth-order valence-corrected chi connectivity index (χ4v) is 1.40. The molecule has 0 saturated heterocycles. The van der Waals surface area contributed by atoms with E-state index < -0.39 is 11.6 Å². The summed E-state index contributed by atoms with van der Waals surface area (Å²) in [6.07, 6.45) is 0.752. The van der Waals surface area contributed by atoms with E-state index in [-0.39, 0.29) is 23.7 Å². The van der Waals surface area contributed by atoms with Crippen LogP contribution in [-0.4, -0.2) is 21.6 Å². The summed E-state index contributed by atoms with van der Waals surface area (Å²) in [4.78, 5) is 11.5. The van der Waals surface area contributed by atoms with Crippen LogP contribution >= 0.6 is 0 Å². The van der Waals surface area contributed by atoms with Crippen molar-refractivity contribution < 1.29 is 18.3 Å². The second-order valence-electron chi connectivity index (χ2n) is 3.92. The fourth-order valence-electron chi connectivity index (χ4n) is 1.40. The fraction of sp³-hybridized carbons (Fsp3) is 0.250. The third-order valence-corrected chi connectivity index (χ3v) is 2.20. The van der Waals surface area contributed by atoms with Crippen LogP contribution < -0.4 is 20.7 Å². The van der Waals surface area contributed by atoms with Crippen LogP contribution in [0.25, 0.3) is 0 Å². The van der Waals surface area contributed by atoms with Crippen LogP contribution in [0.4, 0.5) is 14.7 Å². The van der Waals surface area contributed by atoms with Crippen LogP contribution in [0.3, 0.4) is 0 Å². The first-order valence-electron chi connectivity index (χ1n) is 6.10. The molecule has 1 aromatic heterocycles. The highest BCUT2D eigenvalue weighted by atomic mass is 19.1. The van der Waals surface area contributed by atoms with E-state index in [0.717, 1.165) is 24.6 Å². The van der Waals surface area contributed by atoms with Crippen molar-refractivity contribution in [1.29, 1.82) is 0 Å². The number of nitrogen functional groups attached to an aromatic ring is 1. The number of ether oxygens (including phenoxy) is 2. The first-order valence-corrected chi connectivity index (χ1v) is 6.10. The summed E-state index contributed by atoms with van der Waals surface area (Å²) in [6, 6.07) is 2.51. The molecule has 0 radical (unpaired) electrons. The van der Waals surface area contributed by atoms with Gasteiger partial charge in [-0.15, -0.1) is 4.98 Å². The number of hydrogen-bond donors (Lipinski definition) is 2. The zero-order valence-corrected chi connectivity index (χ0v) is 11.1. The predicted molar refractivity (Wildman–Crippen MR) is 69.9 cm³/mol. The Morgan fingerprint density at radius 3 is 2.38 bits per heavy atom. The van der Waals surface area contributed by atoms with Gasteiger partial charge in [-0.3, -0.25) is 5.43 Å². The normalized spacial score (nSPS) is 10.3. The van der Waals surface area contributed by atoms with Gasteiger partial charge in [-0.05, 0) is 6.42 Å². The Kier molecular flexibility index (Phi) is 4.77. The van der Waals surface area contributed by atoms with Crippen LogP contribution in [0.1, 0.15) is 13.3 Å². The summed E-state index contributed by atoms with van der Waals surface area (Å²) in [5.41, 5.74) is 2.22. The van der Waals surface area contributed by atoms with E-state index in [1.807, 2.05) is 6.92 Å². The smallest absolute Gasteiger partial charge is 0.330 e. The molecule has 0 fully saturated rings. The molecular formula is C12H13F2N5O2. The number of halogens is 2. The molecular weight excluding hydrogens is 284 g/mol. The molecule has 9 heteroatoms. The molecule has 3 N–H and O–H groups in total. The van der Waals surface area contributed by atoms with Crippen molar-refractivity contribution in [2.24, 2.45) is 5.84 Å². The quantitative estimate of drug-likeness (QED) is 0.622. The van der Waals surface area contributed by atoms with E-state index in [9.17, 15) is 8.78 Å². The maximum atomic E-state index is 13.1. The van der Waals surface area contributed by atoms with Crippen molar-refractivity contribution in [3.8, 4) is 17.8 Å². The summed E-state index contributed by atoms with van der Waals surface area (Å²) in [6.45, 7) is 2.30. The molecule has 0 aliphatic carbocycles. The molecule has 1 heterocycles. The lowest BCUT2D eigenvalue weighted by Crippen LogP contribution is -2.13. The zero-order chi connectivity index (χ0) is 15.2. The van der Waals surface area contributed by atoms with Crippen molar-refractivity contribution in [3.63, 3.8) is 0 Å². The highest BCUT2D eigenvalue weighted by molar-refractivity contribution is 5.30. The van der Waals surface area contributed by atoms with Gasteiger partial charge in [0.2, 0.25) is 5.95 Å². The van der Waals surface area contributed by atoms with E-state index >= 15 is 0 Å². The third-order valence-electron chi connectivity index (χ3n) is 2.20. The number of anilines is 1. The highest BCUT2D eigenvalue weighted by Gasteiger charge is 2.10. The lowest BCUT2D eigenvalue weighted by Gasteiger charge is -2.08. The number of aromatic nitrogens is 3. The summed E-state index contributed by atoms with van der Waals surface area (Å²) < 4.78 is 36.6. The van der Waals surface area contributed by atoms with Crippen LogP contribution in [0.15, 0.2) is 18.2 Å². The minimum Gasteiger partial charge on any atom is -0.463 e. The van der Waals surface area contributed by atoms with Gasteiger partial charge in [-0.25, -0.2) is 14.6 Å². The van der Waals surface area contributed by atoms with Crippen LogP contribution in [0, 0.1) is 11.6 Å². The molecule has 1 aromatic carbocycles. The molecule has 2 aromatic rings. The van der Waals surface area contributed by atoms with Gasteiger partial charge in [0, 0.05) is 18.2 Å². The zero-order valence-electron chi connectivity index (χ0n) is 11.1. The second-order valence-corrected chi connectivity index (χ2v) is 3.92. The van der Waals surface area contributed by atoms with E-state index in [0.29, 0.717) is 6.61 Å².